The van der Waals surface area contributed by atoms with E-state index in [0.717, 1.165) is 16.3 Å². The van der Waals surface area contributed by atoms with Crippen molar-refractivity contribution in [1.82, 2.24) is 5.32 Å². The Morgan fingerprint density at radius 3 is 2.35 bits per heavy atom. The molecule has 3 aromatic rings. The fourth-order valence-corrected chi connectivity index (χ4v) is 2.78. The van der Waals surface area contributed by atoms with Gasteiger partial charge in [0.1, 0.15) is 0 Å². The highest BCUT2D eigenvalue weighted by Gasteiger charge is 2.20. The summed E-state index contributed by atoms with van der Waals surface area (Å²) in [4.78, 5) is 12.3. The number of fused-ring (bicyclic) bond motifs is 1. The number of hydrogen-bond acceptors (Lipinski definition) is 2. The van der Waals surface area contributed by atoms with Crippen molar-refractivity contribution < 1.29 is 9.90 Å². The second-order valence-corrected chi connectivity index (χ2v) is 5.61. The maximum atomic E-state index is 12.3. The van der Waals surface area contributed by atoms with Crippen molar-refractivity contribution in [2.75, 3.05) is 0 Å². The van der Waals surface area contributed by atoms with Gasteiger partial charge in [-0.3, -0.25) is 4.79 Å². The molecule has 0 heterocycles. The number of nitrogens with one attached hydrogen (secondary N) is 1. The first-order chi connectivity index (χ1) is 11.2. The zero-order valence-electron chi connectivity index (χ0n) is 12.9. The van der Waals surface area contributed by atoms with Crippen molar-refractivity contribution in [3.63, 3.8) is 0 Å². The Morgan fingerprint density at radius 2 is 1.57 bits per heavy atom. The average molecular weight is 305 g/mol. The molecule has 3 aromatic carbocycles. The smallest absolute Gasteiger partial charge is 0.253 e. The van der Waals surface area contributed by atoms with Crippen LogP contribution in [0.3, 0.4) is 0 Å². The quantitative estimate of drug-likeness (QED) is 0.771. The van der Waals surface area contributed by atoms with Gasteiger partial charge in [0.05, 0.1) is 6.04 Å². The molecule has 0 aliphatic carbocycles. The summed E-state index contributed by atoms with van der Waals surface area (Å²) in [6, 6.07) is 22.9. The van der Waals surface area contributed by atoms with Crippen molar-refractivity contribution in [2.24, 2.45) is 0 Å². The molecule has 0 saturated heterocycles. The molecule has 0 spiro atoms. The lowest BCUT2D eigenvalue weighted by molar-refractivity contribution is -0.130. The maximum absolute atomic E-state index is 12.3. The highest BCUT2D eigenvalue weighted by Crippen LogP contribution is 2.24. The van der Waals surface area contributed by atoms with Crippen LogP contribution in [0.4, 0.5) is 0 Å². The van der Waals surface area contributed by atoms with Crippen molar-refractivity contribution in [3.05, 3.63) is 83.9 Å². The topological polar surface area (TPSA) is 49.3 Å². The molecule has 0 aliphatic heterocycles. The molecular formula is C20H19NO2. The lowest BCUT2D eigenvalue weighted by atomic mass is 9.99. The van der Waals surface area contributed by atoms with Crippen LogP contribution in [0.15, 0.2) is 72.8 Å². The van der Waals surface area contributed by atoms with Gasteiger partial charge in [0.2, 0.25) is 0 Å². The zero-order valence-corrected chi connectivity index (χ0v) is 12.9. The minimum absolute atomic E-state index is 0.188. The van der Waals surface area contributed by atoms with Gasteiger partial charge < -0.3 is 10.4 Å². The highest BCUT2D eigenvalue weighted by atomic mass is 16.3. The minimum atomic E-state index is -1.16. The van der Waals surface area contributed by atoms with Crippen LogP contribution >= 0.6 is 0 Å². The molecule has 3 heteroatoms. The number of rotatable bonds is 4. The summed E-state index contributed by atoms with van der Waals surface area (Å²) in [6.45, 7) is 1.93. The number of benzene rings is 3. The van der Waals surface area contributed by atoms with Gasteiger partial charge in [-0.25, -0.2) is 0 Å². The van der Waals surface area contributed by atoms with E-state index in [1.165, 1.54) is 0 Å². The average Bonchev–Trinajstić information content (AvgIpc) is 2.61. The Bertz CT molecular complexity index is 809. The highest BCUT2D eigenvalue weighted by molar-refractivity contribution is 5.87. The molecule has 0 aliphatic rings. The predicted molar refractivity (Wildman–Crippen MR) is 91.9 cm³/mol. The molecule has 0 saturated carbocycles. The third-order valence-electron chi connectivity index (χ3n) is 4.01. The fourth-order valence-electron chi connectivity index (χ4n) is 2.78. The van der Waals surface area contributed by atoms with Crippen LogP contribution in [-0.4, -0.2) is 11.0 Å². The van der Waals surface area contributed by atoms with E-state index >= 15 is 0 Å². The Kier molecular flexibility index (Phi) is 4.40. The molecule has 0 fully saturated rings. The molecule has 0 aromatic heterocycles. The van der Waals surface area contributed by atoms with Crippen molar-refractivity contribution in [2.45, 2.75) is 19.1 Å². The van der Waals surface area contributed by atoms with Crippen LogP contribution in [0, 0.1) is 0 Å². The minimum Gasteiger partial charge on any atom is -0.378 e. The molecule has 0 radical (unpaired) electrons. The first kappa shape index (κ1) is 15.3. The molecule has 0 bridgehead atoms. The largest absolute Gasteiger partial charge is 0.378 e. The van der Waals surface area contributed by atoms with Gasteiger partial charge >= 0.3 is 0 Å². The maximum Gasteiger partial charge on any atom is 0.253 e. The zero-order chi connectivity index (χ0) is 16.2. The van der Waals surface area contributed by atoms with E-state index in [-0.39, 0.29) is 6.04 Å². The number of aliphatic hydroxyl groups is 1. The molecule has 2 atom stereocenters. The summed E-state index contributed by atoms with van der Waals surface area (Å²) in [6.07, 6.45) is -1.16. The van der Waals surface area contributed by atoms with Crippen molar-refractivity contribution in [3.8, 4) is 0 Å². The second-order valence-electron chi connectivity index (χ2n) is 5.61. The van der Waals surface area contributed by atoms with E-state index in [2.05, 4.69) is 5.32 Å². The normalized spacial score (nSPS) is 13.5. The van der Waals surface area contributed by atoms with Gasteiger partial charge in [-0.15, -0.1) is 0 Å². The van der Waals surface area contributed by atoms with Crippen LogP contribution in [0.1, 0.15) is 30.2 Å². The number of carbonyl (C=O) groups is 1. The van der Waals surface area contributed by atoms with Crippen LogP contribution in [-0.2, 0) is 4.79 Å². The molecule has 2 N–H and O–H groups in total. The Morgan fingerprint density at radius 1 is 0.913 bits per heavy atom. The number of hydrogen-bond donors (Lipinski definition) is 2. The molecule has 0 unspecified atom stereocenters. The lowest BCUT2D eigenvalue weighted by Gasteiger charge is -2.19. The summed E-state index contributed by atoms with van der Waals surface area (Å²) < 4.78 is 0. The SMILES string of the molecule is C[C@H](NC(=O)[C@H](O)c1ccccc1)c1cccc2ccccc12. The fraction of sp³-hybridized carbons (Fsp3) is 0.150. The molecule has 23 heavy (non-hydrogen) atoms. The van der Waals surface area contributed by atoms with E-state index in [4.69, 9.17) is 0 Å². The summed E-state index contributed by atoms with van der Waals surface area (Å²) in [5, 5.41) is 15.3. The molecular weight excluding hydrogens is 286 g/mol. The van der Waals surface area contributed by atoms with E-state index in [1.807, 2.05) is 55.5 Å². The Balaban J connectivity index is 1.81. The molecule has 1 amide bonds. The third kappa shape index (κ3) is 3.25. The third-order valence-corrected chi connectivity index (χ3v) is 4.01. The Labute approximate surface area is 135 Å². The monoisotopic (exact) mass is 305 g/mol. The first-order valence-corrected chi connectivity index (χ1v) is 7.68. The van der Waals surface area contributed by atoms with Crippen LogP contribution < -0.4 is 5.32 Å². The van der Waals surface area contributed by atoms with Crippen LogP contribution in [0.5, 0.6) is 0 Å². The standard InChI is InChI=1S/C20H19NO2/c1-14(17-13-7-11-15-8-5-6-12-18(15)17)21-20(23)19(22)16-9-3-2-4-10-16/h2-14,19,22H,1H3,(H,21,23)/t14-,19+/m0/s1. The summed E-state index contributed by atoms with van der Waals surface area (Å²) in [5.41, 5.74) is 1.63. The summed E-state index contributed by atoms with van der Waals surface area (Å²) >= 11 is 0. The molecule has 3 rings (SSSR count). The summed E-state index contributed by atoms with van der Waals surface area (Å²) in [5.74, 6) is -0.392. The van der Waals surface area contributed by atoms with Gasteiger partial charge in [-0.2, -0.15) is 0 Å². The van der Waals surface area contributed by atoms with Crippen LogP contribution in [0.2, 0.25) is 0 Å². The van der Waals surface area contributed by atoms with Crippen LogP contribution in [0.25, 0.3) is 10.8 Å². The van der Waals surface area contributed by atoms with Gasteiger partial charge in [-0.1, -0.05) is 72.8 Å². The first-order valence-electron chi connectivity index (χ1n) is 7.68. The van der Waals surface area contributed by atoms with Gasteiger partial charge in [-0.05, 0) is 28.8 Å². The van der Waals surface area contributed by atoms with Gasteiger partial charge in [0, 0.05) is 0 Å². The van der Waals surface area contributed by atoms with E-state index in [9.17, 15) is 9.90 Å². The summed E-state index contributed by atoms with van der Waals surface area (Å²) in [7, 11) is 0. The van der Waals surface area contributed by atoms with Gasteiger partial charge in [0.25, 0.3) is 5.91 Å². The number of amides is 1. The molecule has 116 valence electrons. The van der Waals surface area contributed by atoms with E-state index in [1.54, 1.807) is 24.3 Å². The van der Waals surface area contributed by atoms with E-state index in [0.29, 0.717) is 5.56 Å². The lowest BCUT2D eigenvalue weighted by Crippen LogP contribution is -2.31. The van der Waals surface area contributed by atoms with Gasteiger partial charge in [0.15, 0.2) is 6.10 Å². The predicted octanol–water partition coefficient (Wildman–Crippen LogP) is 3.75. The number of carbonyl (C=O) groups excluding carboxylic acids is 1. The number of aliphatic hydroxyl groups excluding tert-OH is 1. The van der Waals surface area contributed by atoms with Crippen molar-refractivity contribution in [1.29, 1.82) is 0 Å². The Hall–Kier alpha value is -2.65. The van der Waals surface area contributed by atoms with Crippen molar-refractivity contribution >= 4 is 16.7 Å². The second kappa shape index (κ2) is 6.63. The molecule has 3 nitrogen and oxygen atoms in total. The van der Waals surface area contributed by atoms with E-state index < -0.39 is 12.0 Å².